The molecule has 158 valence electrons. The molecule has 3 aromatic rings. The molecule has 0 spiro atoms. The highest BCUT2D eigenvalue weighted by molar-refractivity contribution is 6.33. The molecule has 5 nitrogen and oxygen atoms in total. The molecular weight excluding hydrogens is 419 g/mol. The van der Waals surface area contributed by atoms with Crippen LogP contribution in [-0.2, 0) is 23.9 Å². The number of hydrogen-bond acceptors (Lipinski definition) is 4. The molecule has 0 aliphatic heterocycles. The molecule has 1 amide bonds. The highest BCUT2D eigenvalue weighted by atomic mass is 35.5. The number of rotatable bonds is 7. The topological polar surface area (TPSA) is 59.2 Å². The van der Waals surface area contributed by atoms with E-state index in [1.807, 2.05) is 6.92 Å². The Hall–Kier alpha value is -2.87. The number of amides is 1. The fourth-order valence-electron chi connectivity index (χ4n) is 2.93. The summed E-state index contributed by atoms with van der Waals surface area (Å²) in [5.74, 6) is 0.127. The predicted octanol–water partition coefficient (Wildman–Crippen LogP) is 5.39. The molecule has 0 aliphatic rings. The van der Waals surface area contributed by atoms with Crippen LogP contribution < -0.4 is 0 Å². The van der Waals surface area contributed by atoms with Crippen LogP contribution in [-0.4, -0.2) is 27.5 Å². The largest absolute Gasteiger partial charge is 0.419 e. The summed E-state index contributed by atoms with van der Waals surface area (Å²) >= 11 is 6.14. The Balaban J connectivity index is 1.73. The summed E-state index contributed by atoms with van der Waals surface area (Å²) in [7, 11) is 0. The summed E-state index contributed by atoms with van der Waals surface area (Å²) in [6, 6.07) is 11.8. The minimum atomic E-state index is -4.46. The van der Waals surface area contributed by atoms with Gasteiger partial charge in [-0.05, 0) is 30.2 Å². The van der Waals surface area contributed by atoms with Crippen LogP contribution in [0.25, 0.3) is 11.5 Å². The highest BCUT2D eigenvalue weighted by Crippen LogP contribution is 2.30. The van der Waals surface area contributed by atoms with E-state index < -0.39 is 11.7 Å². The van der Waals surface area contributed by atoms with Crippen molar-refractivity contribution >= 4 is 17.5 Å². The van der Waals surface area contributed by atoms with Crippen molar-refractivity contribution in [1.29, 1.82) is 0 Å². The summed E-state index contributed by atoms with van der Waals surface area (Å²) < 4.78 is 44.4. The maximum absolute atomic E-state index is 12.9. The van der Waals surface area contributed by atoms with Crippen molar-refractivity contribution in [2.45, 2.75) is 32.5 Å². The molecule has 0 saturated carbocycles. The van der Waals surface area contributed by atoms with Gasteiger partial charge in [0.15, 0.2) is 0 Å². The van der Waals surface area contributed by atoms with Gasteiger partial charge in [-0.15, -0.1) is 10.2 Å². The smallest absolute Gasteiger partial charge is 0.416 e. The van der Waals surface area contributed by atoms with Gasteiger partial charge in [0.2, 0.25) is 17.7 Å². The van der Waals surface area contributed by atoms with E-state index in [4.69, 9.17) is 16.0 Å². The number of benzene rings is 2. The van der Waals surface area contributed by atoms with Gasteiger partial charge >= 0.3 is 6.18 Å². The summed E-state index contributed by atoms with van der Waals surface area (Å²) in [4.78, 5) is 14.2. The number of aromatic nitrogens is 2. The van der Waals surface area contributed by atoms with E-state index in [-0.39, 0.29) is 30.7 Å². The first-order valence-corrected chi connectivity index (χ1v) is 9.67. The molecule has 0 atom stereocenters. The van der Waals surface area contributed by atoms with Crippen LogP contribution in [0.5, 0.6) is 0 Å². The molecule has 0 bridgehead atoms. The number of carbonyl (C=O) groups excluding carboxylic acids is 1. The highest BCUT2D eigenvalue weighted by Gasteiger charge is 2.30. The Morgan fingerprint density at radius 3 is 2.60 bits per heavy atom. The SMILES string of the molecule is CCCN(Cc1nnc(-c2ccccc2Cl)o1)C(=O)Cc1cccc(C(F)(F)F)c1. The van der Waals surface area contributed by atoms with Gasteiger partial charge in [-0.1, -0.05) is 48.9 Å². The van der Waals surface area contributed by atoms with Crippen molar-refractivity contribution in [3.63, 3.8) is 0 Å². The lowest BCUT2D eigenvalue weighted by Gasteiger charge is -2.20. The number of hydrogen-bond donors (Lipinski definition) is 0. The molecule has 0 N–H and O–H groups in total. The number of alkyl halides is 3. The predicted molar refractivity (Wildman–Crippen MR) is 106 cm³/mol. The van der Waals surface area contributed by atoms with Crippen LogP contribution in [0.1, 0.15) is 30.4 Å². The van der Waals surface area contributed by atoms with Gasteiger partial charge in [-0.25, -0.2) is 0 Å². The van der Waals surface area contributed by atoms with E-state index in [0.717, 1.165) is 12.1 Å². The Bertz CT molecular complexity index is 1020. The third-order valence-electron chi connectivity index (χ3n) is 4.35. The molecule has 0 fully saturated rings. The Morgan fingerprint density at radius 1 is 1.13 bits per heavy atom. The zero-order valence-electron chi connectivity index (χ0n) is 16.1. The van der Waals surface area contributed by atoms with Gasteiger partial charge in [0.1, 0.15) is 0 Å². The van der Waals surface area contributed by atoms with Crippen LogP contribution in [0.4, 0.5) is 13.2 Å². The summed E-state index contributed by atoms with van der Waals surface area (Å²) in [5, 5.41) is 8.41. The van der Waals surface area contributed by atoms with Gasteiger partial charge < -0.3 is 9.32 Å². The Labute approximate surface area is 176 Å². The maximum atomic E-state index is 12.9. The van der Waals surface area contributed by atoms with Crippen molar-refractivity contribution in [3.05, 3.63) is 70.6 Å². The van der Waals surface area contributed by atoms with Crippen LogP contribution in [0, 0.1) is 0 Å². The number of halogens is 4. The van der Waals surface area contributed by atoms with Gasteiger partial charge in [0.05, 0.1) is 29.1 Å². The van der Waals surface area contributed by atoms with Crippen LogP contribution in [0.3, 0.4) is 0 Å². The molecule has 0 unspecified atom stereocenters. The number of carbonyl (C=O) groups is 1. The minimum absolute atomic E-state index is 0.0586. The lowest BCUT2D eigenvalue weighted by Crippen LogP contribution is -2.32. The summed E-state index contributed by atoms with van der Waals surface area (Å²) in [6.07, 6.45) is -3.95. The molecule has 1 heterocycles. The lowest BCUT2D eigenvalue weighted by molar-refractivity contribution is -0.138. The van der Waals surface area contributed by atoms with Crippen LogP contribution >= 0.6 is 11.6 Å². The third kappa shape index (κ3) is 5.38. The zero-order valence-corrected chi connectivity index (χ0v) is 16.9. The Morgan fingerprint density at radius 2 is 1.90 bits per heavy atom. The van der Waals surface area contributed by atoms with Gasteiger partial charge in [-0.3, -0.25) is 4.79 Å². The van der Waals surface area contributed by atoms with E-state index in [2.05, 4.69) is 10.2 Å². The van der Waals surface area contributed by atoms with Crippen molar-refractivity contribution in [2.75, 3.05) is 6.54 Å². The van der Waals surface area contributed by atoms with E-state index in [9.17, 15) is 18.0 Å². The van der Waals surface area contributed by atoms with Crippen molar-refractivity contribution in [2.24, 2.45) is 0 Å². The molecule has 0 saturated heterocycles. The number of nitrogens with zero attached hydrogens (tertiary/aromatic N) is 3. The van der Waals surface area contributed by atoms with Crippen LogP contribution in [0.15, 0.2) is 52.9 Å². The Kier molecular flexibility index (Phi) is 6.77. The quantitative estimate of drug-likeness (QED) is 0.497. The normalized spacial score (nSPS) is 11.5. The second-order valence-electron chi connectivity index (χ2n) is 6.67. The van der Waals surface area contributed by atoms with Crippen molar-refractivity contribution in [1.82, 2.24) is 15.1 Å². The van der Waals surface area contributed by atoms with E-state index in [0.29, 0.717) is 29.1 Å². The first kappa shape index (κ1) is 21.8. The summed E-state index contributed by atoms with van der Waals surface area (Å²) in [5.41, 5.74) is 0.0876. The third-order valence-corrected chi connectivity index (χ3v) is 4.68. The first-order chi connectivity index (χ1) is 14.3. The summed E-state index contributed by atoms with van der Waals surface area (Å²) in [6.45, 7) is 2.36. The van der Waals surface area contributed by atoms with E-state index >= 15 is 0 Å². The first-order valence-electron chi connectivity index (χ1n) is 9.29. The second-order valence-corrected chi connectivity index (χ2v) is 7.08. The average Bonchev–Trinajstić information content (AvgIpc) is 3.16. The molecule has 0 radical (unpaired) electrons. The molecule has 1 aromatic heterocycles. The van der Waals surface area contributed by atoms with Gasteiger partial charge in [-0.2, -0.15) is 13.2 Å². The molecule has 30 heavy (non-hydrogen) atoms. The van der Waals surface area contributed by atoms with E-state index in [1.165, 1.54) is 17.0 Å². The van der Waals surface area contributed by atoms with Crippen LogP contribution in [0.2, 0.25) is 5.02 Å². The average molecular weight is 438 g/mol. The fourth-order valence-corrected chi connectivity index (χ4v) is 3.15. The standard InChI is InChI=1S/C21H19ClF3N3O2/c1-2-10-28(19(29)12-14-6-5-7-15(11-14)21(23,24)25)13-18-26-27-20(30-18)16-8-3-4-9-17(16)22/h3-9,11H,2,10,12-13H2,1H3. The minimum Gasteiger partial charge on any atom is -0.419 e. The monoisotopic (exact) mass is 437 g/mol. The van der Waals surface area contributed by atoms with Gasteiger partial charge in [0.25, 0.3) is 0 Å². The molecule has 9 heteroatoms. The molecule has 2 aromatic carbocycles. The molecule has 0 aliphatic carbocycles. The molecule has 3 rings (SSSR count). The van der Waals surface area contributed by atoms with Gasteiger partial charge in [0, 0.05) is 6.54 Å². The van der Waals surface area contributed by atoms with Crippen molar-refractivity contribution in [3.8, 4) is 11.5 Å². The molecular formula is C21H19ClF3N3O2. The fraction of sp³-hybridized carbons (Fsp3) is 0.286. The maximum Gasteiger partial charge on any atom is 0.416 e. The lowest BCUT2D eigenvalue weighted by atomic mass is 10.1. The van der Waals surface area contributed by atoms with E-state index in [1.54, 1.807) is 24.3 Å². The van der Waals surface area contributed by atoms with Crippen molar-refractivity contribution < 1.29 is 22.4 Å². The zero-order chi connectivity index (χ0) is 21.7. The second kappa shape index (κ2) is 9.30.